The number of carbonyl (C=O) groups is 1. The van der Waals surface area contributed by atoms with E-state index in [1.165, 1.54) is 24.3 Å². The number of hydrogen-bond donors (Lipinski definition) is 1. The zero-order valence-electron chi connectivity index (χ0n) is 27.2. The highest BCUT2D eigenvalue weighted by molar-refractivity contribution is 5.98. The molecule has 2 heterocycles. The van der Waals surface area contributed by atoms with Crippen LogP contribution in [0.4, 0.5) is 32.3 Å². The molecule has 0 radical (unpaired) electrons. The number of ether oxygens (including phenoxy) is 4. The van der Waals surface area contributed by atoms with Gasteiger partial charge in [-0.25, -0.2) is 19.1 Å². The minimum absolute atomic E-state index is 0.134. The van der Waals surface area contributed by atoms with E-state index in [2.05, 4.69) is 33.8 Å². The van der Waals surface area contributed by atoms with E-state index in [9.17, 15) is 4.79 Å². The molecule has 1 aliphatic heterocycles. The number of likely N-dealkylation sites (tertiary alicyclic amines) is 1. The summed E-state index contributed by atoms with van der Waals surface area (Å²) in [7, 11) is 5.12. The smallest absolute Gasteiger partial charge is 0.425 e. The van der Waals surface area contributed by atoms with Gasteiger partial charge < -0.3 is 29.2 Å². The minimum atomic E-state index is -0.727. The van der Waals surface area contributed by atoms with Gasteiger partial charge in [0.05, 0.1) is 26.5 Å². The van der Waals surface area contributed by atoms with Gasteiger partial charge in [0.15, 0.2) is 11.6 Å². The lowest BCUT2D eigenvalue weighted by atomic mass is 10.00. The molecule has 11 heteroatoms. The minimum Gasteiger partial charge on any atom is -0.497 e. The Morgan fingerprint density at radius 1 is 1.13 bits per heavy atom. The van der Waals surface area contributed by atoms with E-state index in [-0.39, 0.29) is 17.5 Å². The summed E-state index contributed by atoms with van der Waals surface area (Å²) in [6, 6.07) is 16.9. The molecule has 0 bridgehead atoms. The van der Waals surface area contributed by atoms with Gasteiger partial charge in [-0.3, -0.25) is 0 Å². The van der Waals surface area contributed by atoms with Crippen molar-refractivity contribution in [3.63, 3.8) is 0 Å². The van der Waals surface area contributed by atoms with Crippen molar-refractivity contribution in [2.45, 2.75) is 26.2 Å². The molecule has 1 amide bonds. The molecule has 1 saturated heterocycles. The molecule has 4 aromatic rings. The van der Waals surface area contributed by atoms with Gasteiger partial charge in [-0.05, 0) is 75.2 Å². The number of amides is 1. The first-order valence-corrected chi connectivity index (χ1v) is 15.4. The highest BCUT2D eigenvalue weighted by Gasteiger charge is 2.27. The van der Waals surface area contributed by atoms with Crippen LogP contribution in [0.2, 0.25) is 0 Å². The standard InChI is InChI=1S/C36H40FN5O5/c1-6-9-26-12-7-10-24(2)34(26)47-36(43)42(30-15-14-28(44-4)21-32(30)45-5)33-17-18-38-35(40-33)39-27-13-16-31(29(37)20-27)46-23-25-11-8-19-41(3)22-25/h6-7,10,12-18,20-21,25H,1,8-9,11,19,22-23H2,2-5H3,(H,38,39,40). The number of para-hydroxylation sites is 1. The molecule has 3 aromatic carbocycles. The van der Waals surface area contributed by atoms with E-state index >= 15 is 4.39 Å². The van der Waals surface area contributed by atoms with Crippen molar-refractivity contribution in [1.29, 1.82) is 0 Å². The number of anilines is 4. The number of halogens is 1. The van der Waals surface area contributed by atoms with Crippen molar-refractivity contribution in [2.24, 2.45) is 5.92 Å². The zero-order chi connectivity index (χ0) is 33.3. The molecule has 1 aliphatic rings. The lowest BCUT2D eigenvalue weighted by Crippen LogP contribution is -2.34. The molecule has 0 spiro atoms. The van der Waals surface area contributed by atoms with Crippen molar-refractivity contribution in [2.75, 3.05) is 51.2 Å². The van der Waals surface area contributed by atoms with Gasteiger partial charge in [0.25, 0.3) is 0 Å². The fourth-order valence-electron chi connectivity index (χ4n) is 5.57. The second kappa shape index (κ2) is 15.4. The second-order valence-corrected chi connectivity index (χ2v) is 11.4. The molecule has 0 saturated carbocycles. The maximum atomic E-state index is 15.1. The van der Waals surface area contributed by atoms with Crippen LogP contribution in [0.15, 0.2) is 79.5 Å². The number of piperidine rings is 1. The predicted octanol–water partition coefficient (Wildman–Crippen LogP) is 7.47. The van der Waals surface area contributed by atoms with Crippen LogP contribution in [0.1, 0.15) is 24.0 Å². The third-order valence-electron chi connectivity index (χ3n) is 7.91. The maximum absolute atomic E-state index is 15.1. The Kier molecular flexibility index (Phi) is 10.9. The first kappa shape index (κ1) is 33.2. The van der Waals surface area contributed by atoms with Gasteiger partial charge in [0, 0.05) is 42.5 Å². The number of rotatable bonds is 12. The van der Waals surface area contributed by atoms with E-state index in [1.807, 2.05) is 25.1 Å². The van der Waals surface area contributed by atoms with Crippen molar-refractivity contribution < 1.29 is 28.1 Å². The van der Waals surface area contributed by atoms with Crippen LogP contribution < -0.4 is 29.2 Å². The SMILES string of the molecule is C=CCc1cccc(C)c1OC(=O)N(c1ccnc(Nc2ccc(OCC3CCCN(C)C3)c(F)c2)n1)c1ccc(OC)cc1OC. The Labute approximate surface area is 274 Å². The molecule has 0 aliphatic carbocycles. The van der Waals surface area contributed by atoms with Crippen LogP contribution in [0.5, 0.6) is 23.0 Å². The molecule has 1 unspecified atom stereocenters. The summed E-state index contributed by atoms with van der Waals surface area (Å²) in [5.74, 6) is 1.68. The lowest BCUT2D eigenvalue weighted by molar-refractivity contribution is 0.147. The number of benzene rings is 3. The summed E-state index contributed by atoms with van der Waals surface area (Å²) in [6.45, 7) is 8.15. The van der Waals surface area contributed by atoms with Crippen LogP contribution >= 0.6 is 0 Å². The van der Waals surface area contributed by atoms with Crippen molar-refractivity contribution >= 4 is 29.2 Å². The number of methoxy groups -OCH3 is 2. The molecule has 1 N–H and O–H groups in total. The Hall–Kier alpha value is -5.16. The number of carbonyl (C=O) groups excluding carboxylic acids is 1. The van der Waals surface area contributed by atoms with Gasteiger partial charge in [-0.15, -0.1) is 6.58 Å². The monoisotopic (exact) mass is 641 g/mol. The van der Waals surface area contributed by atoms with Gasteiger partial charge >= 0.3 is 6.09 Å². The fourth-order valence-corrected chi connectivity index (χ4v) is 5.57. The molecule has 1 fully saturated rings. The Morgan fingerprint density at radius 3 is 2.72 bits per heavy atom. The normalized spacial score (nSPS) is 14.6. The lowest BCUT2D eigenvalue weighted by Gasteiger charge is -2.29. The second-order valence-electron chi connectivity index (χ2n) is 11.4. The maximum Gasteiger partial charge on any atom is 0.425 e. The number of allylic oxidation sites excluding steroid dienone is 1. The zero-order valence-corrected chi connectivity index (χ0v) is 27.2. The van der Waals surface area contributed by atoms with Crippen LogP contribution in [-0.4, -0.2) is 61.9 Å². The molecule has 246 valence electrons. The fraction of sp³-hybridized carbons (Fsp3) is 0.306. The third-order valence-corrected chi connectivity index (χ3v) is 7.91. The largest absolute Gasteiger partial charge is 0.497 e. The van der Waals surface area contributed by atoms with Gasteiger partial charge in [0.2, 0.25) is 5.95 Å². The van der Waals surface area contributed by atoms with Crippen LogP contribution in [0.3, 0.4) is 0 Å². The molecule has 1 aromatic heterocycles. The predicted molar refractivity (Wildman–Crippen MR) is 180 cm³/mol. The Balaban J connectivity index is 1.42. The van der Waals surface area contributed by atoms with Crippen LogP contribution in [0, 0.1) is 18.7 Å². The van der Waals surface area contributed by atoms with E-state index in [4.69, 9.17) is 18.9 Å². The molecule has 1 atom stereocenters. The molecule has 10 nitrogen and oxygen atoms in total. The van der Waals surface area contributed by atoms with Crippen LogP contribution in [-0.2, 0) is 6.42 Å². The van der Waals surface area contributed by atoms with E-state index in [0.29, 0.717) is 47.6 Å². The quantitative estimate of drug-likeness (QED) is 0.158. The molecule has 5 rings (SSSR count). The van der Waals surface area contributed by atoms with E-state index in [1.54, 1.807) is 49.6 Å². The summed E-state index contributed by atoms with van der Waals surface area (Å²) >= 11 is 0. The molecular weight excluding hydrogens is 601 g/mol. The van der Waals surface area contributed by atoms with E-state index < -0.39 is 11.9 Å². The molecular formula is C36H40FN5O5. The Morgan fingerprint density at radius 2 is 1.98 bits per heavy atom. The first-order chi connectivity index (χ1) is 22.8. The van der Waals surface area contributed by atoms with Crippen LogP contribution in [0.25, 0.3) is 0 Å². The van der Waals surface area contributed by atoms with Crippen molar-refractivity contribution in [1.82, 2.24) is 14.9 Å². The third kappa shape index (κ3) is 8.17. The average molecular weight is 642 g/mol. The van der Waals surface area contributed by atoms with E-state index in [0.717, 1.165) is 37.1 Å². The van der Waals surface area contributed by atoms with Crippen molar-refractivity contribution in [3.05, 3.63) is 96.5 Å². The highest BCUT2D eigenvalue weighted by atomic mass is 19.1. The number of aryl methyl sites for hydroxylation is 1. The molecule has 47 heavy (non-hydrogen) atoms. The van der Waals surface area contributed by atoms with Gasteiger partial charge in [0.1, 0.15) is 23.1 Å². The topological polar surface area (TPSA) is 98.3 Å². The Bertz CT molecular complexity index is 1720. The summed E-state index contributed by atoms with van der Waals surface area (Å²) in [5.41, 5.74) is 2.36. The summed E-state index contributed by atoms with van der Waals surface area (Å²) in [4.78, 5) is 26.5. The summed E-state index contributed by atoms with van der Waals surface area (Å²) in [5, 5.41) is 3.03. The number of hydrogen-bond acceptors (Lipinski definition) is 9. The van der Waals surface area contributed by atoms with Crippen molar-refractivity contribution in [3.8, 4) is 23.0 Å². The summed E-state index contributed by atoms with van der Waals surface area (Å²) < 4.78 is 37.9. The first-order valence-electron chi connectivity index (χ1n) is 15.4. The van der Waals surface area contributed by atoms with Gasteiger partial charge in [-0.2, -0.15) is 4.98 Å². The summed E-state index contributed by atoms with van der Waals surface area (Å²) in [6.07, 6.45) is 5.19. The number of nitrogens with zero attached hydrogens (tertiary/aromatic N) is 4. The highest BCUT2D eigenvalue weighted by Crippen LogP contribution is 2.38. The van der Waals surface area contributed by atoms with Gasteiger partial charge in [-0.1, -0.05) is 24.3 Å². The average Bonchev–Trinajstić information content (AvgIpc) is 3.06. The number of nitrogens with one attached hydrogen (secondary N) is 1. The number of aromatic nitrogens is 2.